The predicted molar refractivity (Wildman–Crippen MR) is 141 cm³/mol. The van der Waals surface area contributed by atoms with Gasteiger partial charge in [0.15, 0.2) is 11.6 Å². The summed E-state index contributed by atoms with van der Waals surface area (Å²) in [7, 11) is -2.16. The summed E-state index contributed by atoms with van der Waals surface area (Å²) in [4.78, 5) is 13.5. The largest absolute Gasteiger partial charge is 0.494 e. The van der Waals surface area contributed by atoms with Crippen molar-refractivity contribution >= 4 is 26.6 Å². The molecule has 0 atom stereocenters. The van der Waals surface area contributed by atoms with Gasteiger partial charge in [0, 0.05) is 13.6 Å². The maximum atomic E-state index is 15.4. The molecule has 0 radical (unpaired) electrons. The summed E-state index contributed by atoms with van der Waals surface area (Å²) in [6.45, 7) is 25.2. The van der Waals surface area contributed by atoms with Crippen LogP contribution in [-0.2, 0) is 9.31 Å². The second-order valence-corrected chi connectivity index (χ2v) is 19.3. The average molecular weight is 494 g/mol. The summed E-state index contributed by atoms with van der Waals surface area (Å²) in [5, 5.41) is 3.10. The van der Waals surface area contributed by atoms with Gasteiger partial charge in [0.05, 0.1) is 23.4 Å². The molecular formula is C26H45BFNO4Si. The second-order valence-electron chi connectivity index (χ2n) is 13.7. The Morgan fingerprint density at radius 2 is 1.59 bits per heavy atom. The minimum atomic E-state index is -1.39. The molecule has 0 saturated carbocycles. The maximum Gasteiger partial charge on any atom is 0.494 e. The number of halogens is 1. The van der Waals surface area contributed by atoms with E-state index in [0.717, 1.165) is 12.5 Å². The van der Waals surface area contributed by atoms with Crippen molar-refractivity contribution in [1.29, 1.82) is 0 Å². The Balaban J connectivity index is 2.44. The Morgan fingerprint density at radius 3 is 2.06 bits per heavy atom. The minimum absolute atomic E-state index is 0.0115. The van der Waals surface area contributed by atoms with Crippen LogP contribution in [0.25, 0.3) is 0 Å². The molecule has 1 aliphatic heterocycles. The minimum Gasteiger partial charge on any atom is -0.490 e. The third-order valence-electron chi connectivity index (χ3n) is 6.36. The van der Waals surface area contributed by atoms with Crippen molar-refractivity contribution < 1.29 is 23.2 Å². The fourth-order valence-corrected chi connectivity index (χ4v) is 4.96. The van der Waals surface area contributed by atoms with Gasteiger partial charge >= 0.3 is 7.12 Å². The van der Waals surface area contributed by atoms with Crippen LogP contribution < -0.4 is 15.5 Å². The molecule has 0 spiro atoms. The number of hydrogen-bond donors (Lipinski definition) is 1. The Hall–Kier alpha value is -1.38. The smallest absolute Gasteiger partial charge is 0.490 e. The van der Waals surface area contributed by atoms with E-state index in [0.29, 0.717) is 12.1 Å². The number of ether oxygens (including phenoxy) is 1. The van der Waals surface area contributed by atoms with Crippen molar-refractivity contribution in [3.63, 3.8) is 0 Å². The van der Waals surface area contributed by atoms with Gasteiger partial charge in [-0.2, -0.15) is 0 Å². The molecule has 1 aromatic rings. The second kappa shape index (κ2) is 9.58. The van der Waals surface area contributed by atoms with Crippen molar-refractivity contribution in [2.45, 2.75) is 111 Å². The summed E-state index contributed by atoms with van der Waals surface area (Å²) >= 11 is 0. The summed E-state index contributed by atoms with van der Waals surface area (Å²) in [6, 6.07) is 3.88. The number of benzene rings is 1. The van der Waals surface area contributed by atoms with E-state index in [1.807, 2.05) is 41.5 Å². The molecule has 0 aliphatic carbocycles. The van der Waals surface area contributed by atoms with Crippen LogP contribution in [0.2, 0.25) is 25.7 Å². The standard InChI is InChI=1S/C26H45BFNO4Si/c1-23(2,3)17-24(4,5)29-22(30)19-15-18(27-32-25(6,7)26(8,9)33-27)16-20(28)21(19)31-13-14-34(10,11)12/h15-16H,13-14,17H2,1-12H3,(H,29,30). The van der Waals surface area contributed by atoms with Crippen molar-refractivity contribution in [2.75, 3.05) is 6.61 Å². The van der Waals surface area contributed by atoms with Crippen LogP contribution in [0.5, 0.6) is 5.75 Å². The van der Waals surface area contributed by atoms with Gasteiger partial charge in [0.2, 0.25) is 0 Å². The Labute approximate surface area is 207 Å². The molecule has 1 N–H and O–H groups in total. The monoisotopic (exact) mass is 493 g/mol. The zero-order valence-electron chi connectivity index (χ0n) is 23.4. The van der Waals surface area contributed by atoms with Crippen LogP contribution in [0.15, 0.2) is 12.1 Å². The Kier molecular flexibility index (Phi) is 8.13. The lowest BCUT2D eigenvalue weighted by Gasteiger charge is -2.33. The van der Waals surface area contributed by atoms with E-state index in [2.05, 4.69) is 45.7 Å². The van der Waals surface area contributed by atoms with E-state index in [4.69, 9.17) is 14.0 Å². The van der Waals surface area contributed by atoms with Crippen LogP contribution in [-0.4, -0.2) is 44.4 Å². The molecule has 1 aliphatic rings. The van der Waals surface area contributed by atoms with Gasteiger partial charge in [-0.3, -0.25) is 4.79 Å². The van der Waals surface area contributed by atoms with E-state index >= 15 is 4.39 Å². The van der Waals surface area contributed by atoms with Gasteiger partial charge in [-0.05, 0) is 77.0 Å². The third kappa shape index (κ3) is 7.56. The van der Waals surface area contributed by atoms with Crippen molar-refractivity contribution in [3.8, 4) is 5.75 Å². The SMILES string of the molecule is CC(C)(C)CC(C)(C)NC(=O)c1cc(B2OC(C)(C)C(C)(C)O2)cc(F)c1OCC[Si](C)(C)C. The zero-order valence-corrected chi connectivity index (χ0v) is 24.4. The number of carbonyl (C=O) groups is 1. The lowest BCUT2D eigenvalue weighted by Crippen LogP contribution is -2.46. The van der Waals surface area contributed by atoms with Crippen LogP contribution in [0.1, 0.15) is 79.1 Å². The number of carbonyl (C=O) groups excluding carboxylic acids is 1. The fraction of sp³-hybridized carbons (Fsp3) is 0.731. The molecule has 0 bridgehead atoms. The zero-order chi connectivity index (χ0) is 26.3. The van der Waals surface area contributed by atoms with Crippen LogP contribution in [0.4, 0.5) is 4.39 Å². The van der Waals surface area contributed by atoms with Gasteiger partial charge in [-0.15, -0.1) is 0 Å². The maximum absolute atomic E-state index is 15.4. The van der Waals surface area contributed by atoms with Crippen LogP contribution in [0.3, 0.4) is 0 Å². The van der Waals surface area contributed by atoms with Gasteiger partial charge in [0.1, 0.15) is 0 Å². The molecule has 34 heavy (non-hydrogen) atoms. The molecule has 8 heteroatoms. The highest BCUT2D eigenvalue weighted by Crippen LogP contribution is 2.37. The summed E-state index contributed by atoms with van der Waals surface area (Å²) < 4.78 is 33.6. The topological polar surface area (TPSA) is 56.8 Å². The molecule has 1 fully saturated rings. The van der Waals surface area contributed by atoms with Gasteiger partial charge < -0.3 is 19.4 Å². The molecule has 1 amide bonds. The van der Waals surface area contributed by atoms with Gasteiger partial charge in [-0.1, -0.05) is 40.4 Å². The summed E-state index contributed by atoms with van der Waals surface area (Å²) in [6.07, 6.45) is 0.761. The van der Waals surface area contributed by atoms with Crippen molar-refractivity contribution in [1.82, 2.24) is 5.32 Å². The molecule has 0 aromatic heterocycles. The van der Waals surface area contributed by atoms with E-state index in [-0.39, 0.29) is 22.6 Å². The highest BCUT2D eigenvalue weighted by atomic mass is 28.3. The number of nitrogens with one attached hydrogen (secondary N) is 1. The Morgan fingerprint density at radius 1 is 1.06 bits per heavy atom. The van der Waals surface area contributed by atoms with Crippen molar-refractivity contribution in [3.05, 3.63) is 23.5 Å². The molecule has 1 heterocycles. The fourth-order valence-electron chi connectivity index (χ4n) is 4.25. The molecular weight excluding hydrogens is 448 g/mol. The van der Waals surface area contributed by atoms with E-state index in [1.165, 1.54) is 6.07 Å². The lowest BCUT2D eigenvalue weighted by molar-refractivity contribution is 0.00578. The van der Waals surface area contributed by atoms with Gasteiger partial charge in [0.25, 0.3) is 5.91 Å². The highest BCUT2D eigenvalue weighted by Gasteiger charge is 2.52. The first-order valence-corrected chi connectivity index (χ1v) is 16.0. The quantitative estimate of drug-likeness (QED) is 0.466. The molecule has 1 saturated heterocycles. The van der Waals surface area contributed by atoms with Crippen LogP contribution >= 0.6 is 0 Å². The number of amides is 1. The first-order valence-electron chi connectivity index (χ1n) is 12.3. The first-order chi connectivity index (χ1) is 15.1. The molecule has 192 valence electrons. The molecule has 0 unspecified atom stereocenters. The molecule has 2 rings (SSSR count). The first kappa shape index (κ1) is 28.9. The van der Waals surface area contributed by atoms with E-state index < -0.39 is 37.8 Å². The Bertz CT molecular complexity index is 887. The van der Waals surface area contributed by atoms with Gasteiger partial charge in [-0.25, -0.2) is 4.39 Å². The lowest BCUT2D eigenvalue weighted by atomic mass is 9.78. The molecule has 1 aromatic carbocycles. The summed E-state index contributed by atoms with van der Waals surface area (Å²) in [5.74, 6) is -0.960. The highest BCUT2D eigenvalue weighted by molar-refractivity contribution is 6.76. The summed E-state index contributed by atoms with van der Waals surface area (Å²) in [5.41, 5.74) is -0.977. The predicted octanol–water partition coefficient (Wildman–Crippen LogP) is 5.79. The average Bonchev–Trinajstić information content (AvgIpc) is 2.79. The normalized spacial score (nSPS) is 18.2. The number of rotatable bonds is 8. The number of hydrogen-bond acceptors (Lipinski definition) is 4. The van der Waals surface area contributed by atoms with Crippen molar-refractivity contribution in [2.24, 2.45) is 5.41 Å². The third-order valence-corrected chi connectivity index (χ3v) is 8.06. The van der Waals surface area contributed by atoms with E-state index in [9.17, 15) is 4.79 Å². The van der Waals surface area contributed by atoms with Crippen LogP contribution in [0, 0.1) is 11.2 Å². The van der Waals surface area contributed by atoms with E-state index in [1.54, 1.807) is 6.07 Å². The molecule has 5 nitrogen and oxygen atoms in total.